The van der Waals surface area contributed by atoms with E-state index >= 15 is 0 Å². The molecule has 168 valence electrons. The number of nitriles is 1. The molecule has 0 bridgehead atoms. The highest BCUT2D eigenvalue weighted by Crippen LogP contribution is 2.38. The van der Waals surface area contributed by atoms with Crippen molar-refractivity contribution in [1.82, 2.24) is 0 Å². The molecule has 0 aliphatic heterocycles. The standard InChI is InChI=1S/C26H22Br2N2O3/c1-3-18-8-5-7-11-23(18)30-26(31)20(15-29)12-17-13-22(28)25(24(14-17)32-2)33-16-19-9-4-6-10-21(19)27/h4-14H,3,16H2,1-2H3,(H,30,31)/b20-12+. The molecule has 0 aromatic heterocycles. The molecule has 0 saturated heterocycles. The van der Waals surface area contributed by atoms with Crippen molar-refractivity contribution in [2.24, 2.45) is 0 Å². The summed E-state index contributed by atoms with van der Waals surface area (Å²) >= 11 is 7.04. The molecule has 0 atom stereocenters. The van der Waals surface area contributed by atoms with E-state index in [1.807, 2.05) is 61.5 Å². The van der Waals surface area contributed by atoms with Gasteiger partial charge >= 0.3 is 0 Å². The van der Waals surface area contributed by atoms with Gasteiger partial charge in [-0.2, -0.15) is 5.26 Å². The zero-order chi connectivity index (χ0) is 23.8. The predicted molar refractivity (Wildman–Crippen MR) is 137 cm³/mol. The molecular weight excluding hydrogens is 548 g/mol. The van der Waals surface area contributed by atoms with Gasteiger partial charge in [-0.25, -0.2) is 0 Å². The number of nitrogens with one attached hydrogen (secondary N) is 1. The van der Waals surface area contributed by atoms with Gasteiger partial charge < -0.3 is 14.8 Å². The molecule has 3 rings (SSSR count). The fourth-order valence-electron chi connectivity index (χ4n) is 3.18. The van der Waals surface area contributed by atoms with Crippen LogP contribution < -0.4 is 14.8 Å². The maximum Gasteiger partial charge on any atom is 0.266 e. The second-order valence-corrected chi connectivity index (χ2v) is 8.76. The Hall–Kier alpha value is -3.08. The Morgan fingerprint density at radius 2 is 1.76 bits per heavy atom. The van der Waals surface area contributed by atoms with Crippen molar-refractivity contribution >= 4 is 49.5 Å². The number of amides is 1. The number of carbonyl (C=O) groups is 1. The minimum absolute atomic E-state index is 0.0169. The Bertz CT molecular complexity index is 1230. The van der Waals surface area contributed by atoms with Crippen LogP contribution in [-0.2, 0) is 17.8 Å². The Labute approximate surface area is 210 Å². The summed E-state index contributed by atoms with van der Waals surface area (Å²) in [5.74, 6) is 0.546. The summed E-state index contributed by atoms with van der Waals surface area (Å²) in [6, 6.07) is 20.8. The van der Waals surface area contributed by atoms with Gasteiger partial charge in [0.05, 0.1) is 11.6 Å². The lowest BCUT2D eigenvalue weighted by atomic mass is 10.1. The van der Waals surface area contributed by atoms with Crippen LogP contribution in [0.15, 0.2) is 75.2 Å². The van der Waals surface area contributed by atoms with Crippen molar-refractivity contribution in [3.8, 4) is 17.6 Å². The maximum absolute atomic E-state index is 12.7. The van der Waals surface area contributed by atoms with Crippen LogP contribution >= 0.6 is 31.9 Å². The third-order valence-electron chi connectivity index (χ3n) is 4.90. The number of aryl methyl sites for hydroxylation is 1. The summed E-state index contributed by atoms with van der Waals surface area (Å²) in [5, 5.41) is 12.4. The normalized spacial score (nSPS) is 10.9. The molecule has 1 amide bonds. The first-order valence-corrected chi connectivity index (χ1v) is 11.8. The van der Waals surface area contributed by atoms with E-state index in [0.29, 0.717) is 33.8 Å². The predicted octanol–water partition coefficient (Wildman–Crippen LogP) is 6.91. The molecule has 1 N–H and O–H groups in total. The zero-order valence-corrected chi connectivity index (χ0v) is 21.4. The van der Waals surface area contributed by atoms with Crippen molar-refractivity contribution in [3.05, 3.63) is 91.9 Å². The molecule has 0 radical (unpaired) electrons. The molecule has 5 nitrogen and oxygen atoms in total. The number of halogens is 2. The molecule has 0 heterocycles. The van der Waals surface area contributed by atoms with Crippen LogP contribution in [0.5, 0.6) is 11.5 Å². The number of benzene rings is 3. The van der Waals surface area contributed by atoms with E-state index in [9.17, 15) is 10.1 Å². The van der Waals surface area contributed by atoms with Crippen molar-refractivity contribution in [1.29, 1.82) is 5.26 Å². The Morgan fingerprint density at radius 1 is 1.06 bits per heavy atom. The third kappa shape index (κ3) is 6.25. The van der Waals surface area contributed by atoms with Gasteiger partial charge in [0.15, 0.2) is 11.5 Å². The molecular formula is C26H22Br2N2O3. The van der Waals surface area contributed by atoms with E-state index in [0.717, 1.165) is 22.0 Å². The molecule has 0 spiro atoms. The third-order valence-corrected chi connectivity index (χ3v) is 6.27. The van der Waals surface area contributed by atoms with Gasteiger partial charge in [0.2, 0.25) is 0 Å². The van der Waals surface area contributed by atoms with Crippen LogP contribution in [0.4, 0.5) is 5.69 Å². The van der Waals surface area contributed by atoms with Crippen LogP contribution in [0.2, 0.25) is 0 Å². The van der Waals surface area contributed by atoms with Crippen LogP contribution in [-0.4, -0.2) is 13.0 Å². The number of para-hydroxylation sites is 1. The van der Waals surface area contributed by atoms with Gasteiger partial charge in [0.25, 0.3) is 5.91 Å². The highest BCUT2D eigenvalue weighted by Gasteiger charge is 2.15. The second-order valence-electron chi connectivity index (χ2n) is 7.05. The van der Waals surface area contributed by atoms with Crippen molar-refractivity contribution in [2.75, 3.05) is 12.4 Å². The monoisotopic (exact) mass is 568 g/mol. The summed E-state index contributed by atoms with van der Waals surface area (Å²) in [4.78, 5) is 12.7. The zero-order valence-electron chi connectivity index (χ0n) is 18.2. The first kappa shape index (κ1) is 24.6. The average Bonchev–Trinajstić information content (AvgIpc) is 2.82. The molecule has 0 aliphatic rings. The largest absolute Gasteiger partial charge is 0.493 e. The molecule has 0 fully saturated rings. The van der Waals surface area contributed by atoms with E-state index in [1.165, 1.54) is 6.08 Å². The number of nitrogens with zero attached hydrogens (tertiary/aromatic N) is 1. The molecule has 0 aliphatic carbocycles. The van der Waals surface area contributed by atoms with Gasteiger partial charge in [0, 0.05) is 15.7 Å². The van der Waals surface area contributed by atoms with Crippen LogP contribution in [0.3, 0.4) is 0 Å². The highest BCUT2D eigenvalue weighted by atomic mass is 79.9. The topological polar surface area (TPSA) is 71.4 Å². The molecule has 33 heavy (non-hydrogen) atoms. The number of carbonyl (C=O) groups excluding carboxylic acids is 1. The Kier molecular flexibility index (Phi) is 8.70. The first-order chi connectivity index (χ1) is 16.0. The maximum atomic E-state index is 12.7. The fraction of sp³-hybridized carbons (Fsp3) is 0.154. The average molecular weight is 570 g/mol. The second kappa shape index (κ2) is 11.7. The van der Waals surface area contributed by atoms with Crippen LogP contribution in [0.1, 0.15) is 23.6 Å². The van der Waals surface area contributed by atoms with Gasteiger partial charge in [-0.3, -0.25) is 4.79 Å². The number of ether oxygens (including phenoxy) is 2. The van der Waals surface area contributed by atoms with Gasteiger partial charge in [-0.15, -0.1) is 0 Å². The minimum atomic E-state index is -0.470. The smallest absolute Gasteiger partial charge is 0.266 e. The SMILES string of the molecule is CCc1ccccc1NC(=O)/C(C#N)=C/c1cc(Br)c(OCc2ccccc2Br)c(OC)c1. The summed E-state index contributed by atoms with van der Waals surface area (Å²) < 4.78 is 13.1. The van der Waals surface area contributed by atoms with Gasteiger partial charge in [-0.05, 0) is 63.8 Å². The highest BCUT2D eigenvalue weighted by molar-refractivity contribution is 9.10. The van der Waals surface area contributed by atoms with Crippen LogP contribution in [0.25, 0.3) is 6.08 Å². The lowest BCUT2D eigenvalue weighted by Crippen LogP contribution is -2.14. The van der Waals surface area contributed by atoms with E-state index in [-0.39, 0.29) is 5.57 Å². The van der Waals surface area contributed by atoms with Gasteiger partial charge in [-0.1, -0.05) is 59.3 Å². The molecule has 3 aromatic carbocycles. The number of hydrogen-bond donors (Lipinski definition) is 1. The summed E-state index contributed by atoms with van der Waals surface area (Å²) in [6.45, 7) is 2.35. The number of methoxy groups -OCH3 is 1. The van der Waals surface area contributed by atoms with Crippen molar-refractivity contribution < 1.29 is 14.3 Å². The summed E-state index contributed by atoms with van der Waals surface area (Å²) in [5.41, 5.74) is 3.30. The summed E-state index contributed by atoms with van der Waals surface area (Å²) in [7, 11) is 1.54. The Balaban J connectivity index is 1.84. The minimum Gasteiger partial charge on any atom is -0.493 e. The molecule has 0 unspecified atom stereocenters. The van der Waals surface area contributed by atoms with Crippen molar-refractivity contribution in [2.45, 2.75) is 20.0 Å². The quantitative estimate of drug-likeness (QED) is 0.236. The Morgan fingerprint density at radius 3 is 2.42 bits per heavy atom. The van der Waals surface area contributed by atoms with Crippen molar-refractivity contribution in [3.63, 3.8) is 0 Å². The van der Waals surface area contributed by atoms with E-state index < -0.39 is 5.91 Å². The number of rotatable bonds is 8. The summed E-state index contributed by atoms with van der Waals surface area (Å²) in [6.07, 6.45) is 2.29. The molecule has 3 aromatic rings. The lowest BCUT2D eigenvalue weighted by Gasteiger charge is -2.14. The van der Waals surface area contributed by atoms with Crippen LogP contribution in [0, 0.1) is 11.3 Å². The van der Waals surface area contributed by atoms with E-state index in [4.69, 9.17) is 9.47 Å². The molecule has 7 heteroatoms. The number of hydrogen-bond acceptors (Lipinski definition) is 4. The molecule has 0 saturated carbocycles. The van der Waals surface area contributed by atoms with Gasteiger partial charge in [0.1, 0.15) is 18.2 Å². The first-order valence-electron chi connectivity index (χ1n) is 10.2. The number of anilines is 1. The van der Waals surface area contributed by atoms with E-state index in [2.05, 4.69) is 37.2 Å². The fourth-order valence-corrected chi connectivity index (χ4v) is 4.16. The lowest BCUT2D eigenvalue weighted by molar-refractivity contribution is -0.112. The van der Waals surface area contributed by atoms with E-state index in [1.54, 1.807) is 19.2 Å².